The van der Waals surface area contributed by atoms with Crippen LogP contribution in [0.5, 0.6) is 0 Å². The van der Waals surface area contributed by atoms with E-state index in [0.717, 1.165) is 24.9 Å². The van der Waals surface area contributed by atoms with E-state index >= 15 is 0 Å². The smallest absolute Gasteiger partial charge is 0.270 e. The van der Waals surface area contributed by atoms with Crippen LogP contribution in [0, 0.1) is 6.92 Å². The van der Waals surface area contributed by atoms with Gasteiger partial charge in [-0.2, -0.15) is 0 Å². The first-order valence-corrected chi connectivity index (χ1v) is 9.01. The number of anilines is 1. The van der Waals surface area contributed by atoms with Crippen LogP contribution in [-0.4, -0.2) is 27.4 Å². The van der Waals surface area contributed by atoms with Crippen molar-refractivity contribution < 1.29 is 4.79 Å². The van der Waals surface area contributed by atoms with E-state index in [0.29, 0.717) is 23.9 Å². The monoisotopic (exact) mass is 361 g/mol. The fraction of sp³-hybridized carbons (Fsp3) is 0.238. The van der Waals surface area contributed by atoms with Gasteiger partial charge in [0.2, 0.25) is 0 Å². The molecule has 0 aliphatic rings. The SMILES string of the molecule is Cc1nc(NCCCc2ccccc2)cc(C(=O)NCc2ccncc2)n1. The number of pyridine rings is 1. The minimum Gasteiger partial charge on any atom is -0.370 e. The molecule has 0 radical (unpaired) electrons. The van der Waals surface area contributed by atoms with Crippen molar-refractivity contribution in [2.45, 2.75) is 26.3 Å². The van der Waals surface area contributed by atoms with Gasteiger partial charge in [0.05, 0.1) is 0 Å². The Labute approximate surface area is 159 Å². The third kappa shape index (κ3) is 5.88. The number of aryl methyl sites for hydroxylation is 2. The van der Waals surface area contributed by atoms with Crippen molar-refractivity contribution in [2.24, 2.45) is 0 Å². The lowest BCUT2D eigenvalue weighted by Gasteiger charge is -2.09. The number of aromatic nitrogens is 3. The minimum absolute atomic E-state index is 0.218. The number of amides is 1. The van der Waals surface area contributed by atoms with Crippen LogP contribution in [0.15, 0.2) is 60.9 Å². The summed E-state index contributed by atoms with van der Waals surface area (Å²) in [4.78, 5) is 25.0. The van der Waals surface area contributed by atoms with Crippen molar-refractivity contribution in [3.05, 3.63) is 83.6 Å². The van der Waals surface area contributed by atoms with E-state index in [1.54, 1.807) is 25.4 Å². The molecule has 138 valence electrons. The van der Waals surface area contributed by atoms with Crippen LogP contribution in [0.25, 0.3) is 0 Å². The zero-order valence-electron chi connectivity index (χ0n) is 15.4. The number of benzene rings is 1. The molecule has 0 bridgehead atoms. The lowest BCUT2D eigenvalue weighted by Crippen LogP contribution is -2.24. The molecule has 1 amide bonds. The molecule has 0 spiro atoms. The highest BCUT2D eigenvalue weighted by Crippen LogP contribution is 2.09. The number of hydrogen-bond donors (Lipinski definition) is 2. The van der Waals surface area contributed by atoms with E-state index in [2.05, 4.69) is 37.7 Å². The number of nitrogens with one attached hydrogen (secondary N) is 2. The summed E-state index contributed by atoms with van der Waals surface area (Å²) < 4.78 is 0. The molecule has 3 rings (SSSR count). The Morgan fingerprint density at radius 3 is 2.56 bits per heavy atom. The average Bonchev–Trinajstić information content (AvgIpc) is 2.70. The largest absolute Gasteiger partial charge is 0.370 e. The van der Waals surface area contributed by atoms with Crippen LogP contribution in [0.3, 0.4) is 0 Å². The van der Waals surface area contributed by atoms with Crippen molar-refractivity contribution in [2.75, 3.05) is 11.9 Å². The Kier molecular flexibility index (Phi) is 6.46. The van der Waals surface area contributed by atoms with Gasteiger partial charge in [-0.05, 0) is 43.0 Å². The molecule has 2 N–H and O–H groups in total. The highest BCUT2D eigenvalue weighted by atomic mass is 16.1. The van der Waals surface area contributed by atoms with Gasteiger partial charge in [0.15, 0.2) is 0 Å². The van der Waals surface area contributed by atoms with Gasteiger partial charge in [0.1, 0.15) is 17.3 Å². The molecule has 2 aromatic heterocycles. The predicted molar refractivity (Wildman–Crippen MR) is 105 cm³/mol. The topological polar surface area (TPSA) is 79.8 Å². The van der Waals surface area contributed by atoms with Crippen molar-refractivity contribution in [3.8, 4) is 0 Å². The Balaban J connectivity index is 1.52. The molecule has 0 unspecified atom stereocenters. The zero-order valence-corrected chi connectivity index (χ0v) is 15.4. The quantitative estimate of drug-likeness (QED) is 0.603. The molecule has 0 fully saturated rings. The molecular formula is C21H23N5O. The van der Waals surface area contributed by atoms with Gasteiger partial charge < -0.3 is 10.6 Å². The van der Waals surface area contributed by atoms with Crippen LogP contribution >= 0.6 is 0 Å². The van der Waals surface area contributed by atoms with E-state index in [1.165, 1.54) is 5.56 Å². The fourth-order valence-corrected chi connectivity index (χ4v) is 2.70. The maximum Gasteiger partial charge on any atom is 0.270 e. The summed E-state index contributed by atoms with van der Waals surface area (Å²) in [5, 5.41) is 6.16. The lowest BCUT2D eigenvalue weighted by molar-refractivity contribution is 0.0945. The second kappa shape index (κ2) is 9.43. The van der Waals surface area contributed by atoms with Gasteiger partial charge >= 0.3 is 0 Å². The van der Waals surface area contributed by atoms with E-state index in [1.807, 2.05) is 30.3 Å². The van der Waals surface area contributed by atoms with Crippen molar-refractivity contribution in [1.82, 2.24) is 20.3 Å². The third-order valence-electron chi connectivity index (χ3n) is 4.06. The molecule has 0 aliphatic heterocycles. The molecule has 3 aromatic rings. The third-order valence-corrected chi connectivity index (χ3v) is 4.06. The molecule has 6 heteroatoms. The van der Waals surface area contributed by atoms with E-state index < -0.39 is 0 Å². The summed E-state index contributed by atoms with van der Waals surface area (Å²) in [6.07, 6.45) is 5.38. The second-order valence-corrected chi connectivity index (χ2v) is 6.24. The van der Waals surface area contributed by atoms with Crippen molar-refractivity contribution in [1.29, 1.82) is 0 Å². The lowest BCUT2D eigenvalue weighted by atomic mass is 10.1. The van der Waals surface area contributed by atoms with Gasteiger partial charge in [-0.3, -0.25) is 9.78 Å². The van der Waals surface area contributed by atoms with Gasteiger partial charge in [0, 0.05) is 31.5 Å². The van der Waals surface area contributed by atoms with Gasteiger partial charge in [-0.25, -0.2) is 9.97 Å². The summed E-state index contributed by atoms with van der Waals surface area (Å²) in [5.41, 5.74) is 2.67. The Hall–Kier alpha value is -3.28. The highest BCUT2D eigenvalue weighted by molar-refractivity contribution is 5.92. The van der Waals surface area contributed by atoms with E-state index in [9.17, 15) is 4.79 Å². The molecule has 0 saturated heterocycles. The van der Waals surface area contributed by atoms with Crippen molar-refractivity contribution >= 4 is 11.7 Å². The Morgan fingerprint density at radius 1 is 1.00 bits per heavy atom. The van der Waals surface area contributed by atoms with Crippen LogP contribution in [0.4, 0.5) is 5.82 Å². The number of rotatable bonds is 8. The van der Waals surface area contributed by atoms with Crippen LogP contribution in [-0.2, 0) is 13.0 Å². The minimum atomic E-state index is -0.218. The number of carbonyl (C=O) groups excluding carboxylic acids is 1. The van der Waals surface area contributed by atoms with Crippen LogP contribution in [0.2, 0.25) is 0 Å². The predicted octanol–water partition coefficient (Wildman–Crippen LogP) is 3.15. The molecule has 2 heterocycles. The summed E-state index contributed by atoms with van der Waals surface area (Å²) >= 11 is 0. The summed E-state index contributed by atoms with van der Waals surface area (Å²) in [7, 11) is 0. The molecule has 27 heavy (non-hydrogen) atoms. The normalized spacial score (nSPS) is 10.4. The summed E-state index contributed by atoms with van der Waals surface area (Å²) in [6, 6.07) is 15.8. The first-order valence-electron chi connectivity index (χ1n) is 9.01. The van der Waals surface area contributed by atoms with Crippen LogP contribution < -0.4 is 10.6 Å². The average molecular weight is 361 g/mol. The fourth-order valence-electron chi connectivity index (χ4n) is 2.70. The number of hydrogen-bond acceptors (Lipinski definition) is 5. The van der Waals surface area contributed by atoms with Gasteiger partial charge in [-0.1, -0.05) is 30.3 Å². The maximum absolute atomic E-state index is 12.4. The first-order chi connectivity index (χ1) is 13.2. The van der Waals surface area contributed by atoms with Gasteiger partial charge in [-0.15, -0.1) is 0 Å². The molecule has 0 aliphatic carbocycles. The molecular weight excluding hydrogens is 338 g/mol. The molecule has 0 atom stereocenters. The van der Waals surface area contributed by atoms with E-state index in [4.69, 9.17) is 0 Å². The van der Waals surface area contributed by atoms with Crippen LogP contribution in [0.1, 0.15) is 33.9 Å². The molecule has 0 saturated carbocycles. The van der Waals surface area contributed by atoms with E-state index in [-0.39, 0.29) is 5.91 Å². The Morgan fingerprint density at radius 2 is 1.78 bits per heavy atom. The summed E-state index contributed by atoms with van der Waals surface area (Å²) in [5.74, 6) is 1.02. The molecule has 6 nitrogen and oxygen atoms in total. The molecule has 1 aromatic carbocycles. The summed E-state index contributed by atoms with van der Waals surface area (Å²) in [6.45, 7) is 3.00. The highest BCUT2D eigenvalue weighted by Gasteiger charge is 2.10. The Bertz CT molecular complexity index is 868. The first kappa shape index (κ1) is 18.5. The number of carbonyl (C=O) groups is 1. The zero-order chi connectivity index (χ0) is 18.9. The standard InChI is InChI=1S/C21H23N5O/c1-16-25-19(21(27)24-15-18-9-12-22-13-10-18)14-20(26-16)23-11-5-8-17-6-3-2-4-7-17/h2-4,6-7,9-10,12-14H,5,8,11,15H2,1H3,(H,24,27)(H,23,25,26). The second-order valence-electron chi connectivity index (χ2n) is 6.24. The maximum atomic E-state index is 12.4. The number of nitrogens with zero attached hydrogens (tertiary/aromatic N) is 3. The van der Waals surface area contributed by atoms with Gasteiger partial charge in [0.25, 0.3) is 5.91 Å². The van der Waals surface area contributed by atoms with Crippen molar-refractivity contribution in [3.63, 3.8) is 0 Å².